The van der Waals surface area contributed by atoms with Crippen molar-refractivity contribution in [3.05, 3.63) is 30.1 Å². The monoisotopic (exact) mass is 343 g/mol. The van der Waals surface area contributed by atoms with Crippen LogP contribution < -0.4 is 5.32 Å². The van der Waals surface area contributed by atoms with Crippen molar-refractivity contribution in [1.82, 2.24) is 5.32 Å². The first-order chi connectivity index (χ1) is 10.5. The number of carbonyl (C=O) groups excluding carboxylic acids is 1. The van der Waals surface area contributed by atoms with E-state index in [4.69, 9.17) is 0 Å². The third-order valence-electron chi connectivity index (χ3n) is 3.55. The molecular formula is C15H18FNO3S2. The molecular weight excluding hydrogens is 325 g/mol. The summed E-state index contributed by atoms with van der Waals surface area (Å²) in [5.74, 6) is 0.535. The summed E-state index contributed by atoms with van der Waals surface area (Å²) in [5, 5.41) is 12.1. The van der Waals surface area contributed by atoms with Gasteiger partial charge in [-0.25, -0.2) is 9.18 Å². The molecule has 0 saturated carbocycles. The number of carbonyl (C=O) groups is 2. The van der Waals surface area contributed by atoms with E-state index in [1.165, 1.54) is 23.9 Å². The molecule has 1 saturated heterocycles. The smallest absolute Gasteiger partial charge is 0.329 e. The molecule has 1 aromatic carbocycles. The Hall–Kier alpha value is -1.21. The minimum absolute atomic E-state index is 0.240. The zero-order valence-corrected chi connectivity index (χ0v) is 13.6. The predicted molar refractivity (Wildman–Crippen MR) is 86.8 cm³/mol. The van der Waals surface area contributed by atoms with Gasteiger partial charge in [-0.1, -0.05) is 0 Å². The van der Waals surface area contributed by atoms with E-state index in [1.807, 2.05) is 0 Å². The van der Waals surface area contributed by atoms with Gasteiger partial charge in [-0.2, -0.15) is 11.8 Å². The highest BCUT2D eigenvalue weighted by Gasteiger charge is 2.41. The summed E-state index contributed by atoms with van der Waals surface area (Å²) >= 11 is 3.16. The highest BCUT2D eigenvalue weighted by molar-refractivity contribution is 7.99. The molecule has 7 heteroatoms. The molecule has 1 fully saturated rings. The highest BCUT2D eigenvalue weighted by atomic mass is 32.2. The van der Waals surface area contributed by atoms with E-state index in [0.717, 1.165) is 16.4 Å². The summed E-state index contributed by atoms with van der Waals surface area (Å²) in [6, 6.07) is 6.08. The SMILES string of the molecule is O=C(CCSc1ccc(F)cc1)NC1(C(=O)O)CCSCC1. The van der Waals surface area contributed by atoms with Gasteiger partial charge in [0, 0.05) is 17.1 Å². The lowest BCUT2D eigenvalue weighted by Crippen LogP contribution is -2.56. The van der Waals surface area contributed by atoms with Gasteiger partial charge in [0.15, 0.2) is 0 Å². The summed E-state index contributed by atoms with van der Waals surface area (Å²) in [4.78, 5) is 24.4. The Morgan fingerprint density at radius 2 is 1.91 bits per heavy atom. The fourth-order valence-corrected chi connectivity index (χ4v) is 4.28. The van der Waals surface area contributed by atoms with Crippen molar-refractivity contribution in [3.63, 3.8) is 0 Å². The number of halogens is 1. The summed E-state index contributed by atoms with van der Waals surface area (Å²) in [6.45, 7) is 0. The average molecular weight is 343 g/mol. The van der Waals surface area contributed by atoms with Gasteiger partial charge in [0.25, 0.3) is 0 Å². The second-order valence-electron chi connectivity index (χ2n) is 5.10. The van der Waals surface area contributed by atoms with E-state index in [1.54, 1.807) is 23.9 Å². The molecule has 22 heavy (non-hydrogen) atoms. The lowest BCUT2D eigenvalue weighted by Gasteiger charge is -2.33. The number of amides is 1. The van der Waals surface area contributed by atoms with Gasteiger partial charge in [0.05, 0.1) is 0 Å². The number of carboxylic acids is 1. The Balaban J connectivity index is 1.81. The van der Waals surface area contributed by atoms with E-state index < -0.39 is 11.5 Å². The first-order valence-electron chi connectivity index (χ1n) is 7.02. The molecule has 2 N–H and O–H groups in total. The average Bonchev–Trinajstić information content (AvgIpc) is 2.50. The quantitative estimate of drug-likeness (QED) is 0.778. The Kier molecular flexibility index (Phi) is 6.14. The number of benzene rings is 1. The molecule has 0 atom stereocenters. The molecule has 0 aromatic heterocycles. The van der Waals surface area contributed by atoms with Crippen molar-refractivity contribution >= 4 is 35.4 Å². The van der Waals surface area contributed by atoms with Gasteiger partial charge in [0.2, 0.25) is 5.91 Å². The lowest BCUT2D eigenvalue weighted by atomic mass is 9.92. The van der Waals surface area contributed by atoms with Gasteiger partial charge in [-0.05, 0) is 48.6 Å². The minimum Gasteiger partial charge on any atom is -0.480 e. The summed E-state index contributed by atoms with van der Waals surface area (Å²) in [5.41, 5.74) is -1.11. The topological polar surface area (TPSA) is 66.4 Å². The molecule has 0 bridgehead atoms. The maximum atomic E-state index is 12.8. The van der Waals surface area contributed by atoms with Crippen molar-refractivity contribution in [2.75, 3.05) is 17.3 Å². The molecule has 1 aliphatic rings. The number of aliphatic carboxylic acids is 1. The number of hydrogen-bond donors (Lipinski definition) is 2. The first-order valence-corrected chi connectivity index (χ1v) is 9.16. The van der Waals surface area contributed by atoms with Gasteiger partial charge < -0.3 is 10.4 Å². The molecule has 1 amide bonds. The maximum Gasteiger partial charge on any atom is 0.329 e. The number of hydrogen-bond acceptors (Lipinski definition) is 4. The fraction of sp³-hybridized carbons (Fsp3) is 0.467. The largest absolute Gasteiger partial charge is 0.480 e. The molecule has 120 valence electrons. The maximum absolute atomic E-state index is 12.8. The molecule has 4 nitrogen and oxygen atoms in total. The van der Waals surface area contributed by atoms with Crippen molar-refractivity contribution in [1.29, 1.82) is 0 Å². The molecule has 1 heterocycles. The van der Waals surface area contributed by atoms with Crippen LogP contribution >= 0.6 is 23.5 Å². The van der Waals surface area contributed by atoms with Crippen LogP contribution in [0.3, 0.4) is 0 Å². The van der Waals surface area contributed by atoms with Gasteiger partial charge in [-0.3, -0.25) is 4.79 Å². The van der Waals surface area contributed by atoms with Crippen molar-refractivity contribution in [3.8, 4) is 0 Å². The predicted octanol–water partition coefficient (Wildman–Crippen LogP) is 2.77. The Labute approximate surface area is 137 Å². The van der Waals surface area contributed by atoms with Gasteiger partial charge in [0.1, 0.15) is 11.4 Å². The summed E-state index contributed by atoms with van der Waals surface area (Å²) in [7, 11) is 0. The number of nitrogens with one attached hydrogen (secondary N) is 1. The zero-order valence-electron chi connectivity index (χ0n) is 12.0. The second-order valence-corrected chi connectivity index (χ2v) is 7.49. The van der Waals surface area contributed by atoms with Crippen LogP contribution in [0.25, 0.3) is 0 Å². The Morgan fingerprint density at radius 3 is 2.50 bits per heavy atom. The van der Waals surface area contributed by atoms with Gasteiger partial charge in [-0.15, -0.1) is 11.8 Å². The molecule has 0 radical (unpaired) electrons. The molecule has 0 spiro atoms. The number of thioether (sulfide) groups is 2. The van der Waals surface area contributed by atoms with Crippen LogP contribution in [0.2, 0.25) is 0 Å². The van der Waals surface area contributed by atoms with E-state index in [-0.39, 0.29) is 18.1 Å². The minimum atomic E-state index is -1.11. The van der Waals surface area contributed by atoms with E-state index >= 15 is 0 Å². The fourth-order valence-electron chi connectivity index (χ4n) is 2.23. The van der Waals surface area contributed by atoms with Crippen LogP contribution in [-0.2, 0) is 9.59 Å². The van der Waals surface area contributed by atoms with Crippen molar-refractivity contribution in [2.24, 2.45) is 0 Å². The van der Waals surface area contributed by atoms with E-state index in [2.05, 4.69) is 5.32 Å². The molecule has 2 rings (SSSR count). The molecule has 0 aliphatic carbocycles. The van der Waals surface area contributed by atoms with Crippen LogP contribution in [0.4, 0.5) is 4.39 Å². The summed E-state index contributed by atoms with van der Waals surface area (Å²) < 4.78 is 12.8. The number of carboxylic acid groups (broad SMARTS) is 1. The molecule has 0 unspecified atom stereocenters. The van der Waals surface area contributed by atoms with Crippen LogP contribution in [-0.4, -0.2) is 39.8 Å². The lowest BCUT2D eigenvalue weighted by molar-refractivity contribution is -0.148. The van der Waals surface area contributed by atoms with Crippen LogP contribution in [0.1, 0.15) is 19.3 Å². The zero-order chi connectivity index (χ0) is 16.0. The number of rotatable bonds is 6. The van der Waals surface area contributed by atoms with Crippen LogP contribution in [0.5, 0.6) is 0 Å². The van der Waals surface area contributed by atoms with Crippen LogP contribution in [0, 0.1) is 5.82 Å². The highest BCUT2D eigenvalue weighted by Crippen LogP contribution is 2.27. The third-order valence-corrected chi connectivity index (χ3v) is 5.55. The standard InChI is InChI=1S/C15H18FNO3S2/c16-11-1-3-12(4-2-11)22-8-5-13(18)17-15(14(19)20)6-9-21-10-7-15/h1-4H,5-10H2,(H,17,18)(H,19,20). The molecule has 1 aliphatic heterocycles. The van der Waals surface area contributed by atoms with Crippen molar-refractivity contribution < 1.29 is 19.1 Å². The van der Waals surface area contributed by atoms with Crippen LogP contribution in [0.15, 0.2) is 29.2 Å². The summed E-state index contributed by atoms with van der Waals surface area (Å²) in [6.07, 6.45) is 1.16. The normalized spacial score (nSPS) is 17.0. The first kappa shape index (κ1) is 17.1. The van der Waals surface area contributed by atoms with E-state index in [9.17, 15) is 19.1 Å². The van der Waals surface area contributed by atoms with E-state index in [0.29, 0.717) is 18.6 Å². The molecule has 1 aromatic rings. The van der Waals surface area contributed by atoms with Gasteiger partial charge >= 0.3 is 5.97 Å². The second kappa shape index (κ2) is 7.87. The Morgan fingerprint density at radius 1 is 1.27 bits per heavy atom. The third kappa shape index (κ3) is 4.64. The Bertz CT molecular complexity index is 530. The van der Waals surface area contributed by atoms with Crippen molar-refractivity contribution in [2.45, 2.75) is 29.7 Å².